The molecule has 0 aliphatic carbocycles. The smallest absolute Gasteiger partial charge is 0.303 e. The highest BCUT2D eigenvalue weighted by Gasteiger charge is 2.12. The van der Waals surface area contributed by atoms with Crippen molar-refractivity contribution in [3.05, 3.63) is 12.1 Å². The number of hydrogen-bond donors (Lipinski definition) is 2. The van der Waals surface area contributed by atoms with Crippen LogP contribution in [0.25, 0.3) is 0 Å². The molecule has 6 nitrogen and oxygen atoms in total. The summed E-state index contributed by atoms with van der Waals surface area (Å²) in [6.07, 6.45) is 0.470. The minimum Gasteiger partial charge on any atom is -0.493 e. The normalized spacial score (nSPS) is 9.37. The number of methoxy groups -OCH3 is 2. The van der Waals surface area contributed by atoms with Crippen LogP contribution in [0.2, 0.25) is 0 Å². The molecule has 0 aliphatic rings. The standard InChI is InChI=1S/C12H17NO5.ClH/c1-16-9-6-8(13)7-10(12(9)17-2)18-5-3-4-11(14)15;/h6-7H,3-5,13H2,1-2H3,(H,14,15);1H. The summed E-state index contributed by atoms with van der Waals surface area (Å²) in [5.41, 5.74) is 6.19. The molecular formula is C12H18ClNO5. The number of anilines is 1. The van der Waals surface area contributed by atoms with Gasteiger partial charge in [0.05, 0.1) is 20.8 Å². The first-order chi connectivity index (χ1) is 8.58. The summed E-state index contributed by atoms with van der Waals surface area (Å²) in [6.45, 7) is 0.273. The van der Waals surface area contributed by atoms with Crippen LogP contribution in [-0.2, 0) is 4.79 Å². The van der Waals surface area contributed by atoms with Gasteiger partial charge in [0.2, 0.25) is 5.75 Å². The van der Waals surface area contributed by atoms with Gasteiger partial charge in [0.25, 0.3) is 0 Å². The van der Waals surface area contributed by atoms with Crippen LogP contribution >= 0.6 is 12.4 Å². The van der Waals surface area contributed by atoms with Crippen LogP contribution in [0.4, 0.5) is 5.69 Å². The average Bonchev–Trinajstić information content (AvgIpc) is 2.33. The van der Waals surface area contributed by atoms with E-state index in [4.69, 9.17) is 25.1 Å². The Kier molecular flexibility index (Phi) is 7.52. The highest BCUT2D eigenvalue weighted by atomic mass is 35.5. The lowest BCUT2D eigenvalue weighted by molar-refractivity contribution is -0.137. The Morgan fingerprint density at radius 2 is 1.89 bits per heavy atom. The largest absolute Gasteiger partial charge is 0.493 e. The third-order valence-electron chi connectivity index (χ3n) is 2.26. The fourth-order valence-electron chi connectivity index (χ4n) is 1.46. The van der Waals surface area contributed by atoms with Crippen LogP contribution in [0.15, 0.2) is 12.1 Å². The van der Waals surface area contributed by atoms with E-state index in [0.717, 1.165) is 0 Å². The molecule has 108 valence electrons. The second-order valence-electron chi connectivity index (χ2n) is 3.60. The van der Waals surface area contributed by atoms with E-state index in [2.05, 4.69) is 0 Å². The van der Waals surface area contributed by atoms with E-state index in [0.29, 0.717) is 29.4 Å². The number of rotatable bonds is 7. The maximum Gasteiger partial charge on any atom is 0.303 e. The van der Waals surface area contributed by atoms with Crippen LogP contribution in [0, 0.1) is 0 Å². The molecule has 0 bridgehead atoms. The van der Waals surface area contributed by atoms with Gasteiger partial charge in [-0.1, -0.05) is 0 Å². The summed E-state index contributed by atoms with van der Waals surface area (Å²) in [5, 5.41) is 8.52. The van der Waals surface area contributed by atoms with Crippen LogP contribution < -0.4 is 19.9 Å². The van der Waals surface area contributed by atoms with Crippen molar-refractivity contribution in [2.45, 2.75) is 12.8 Å². The van der Waals surface area contributed by atoms with Gasteiger partial charge in [0, 0.05) is 24.2 Å². The predicted octanol–water partition coefficient (Wildman–Crippen LogP) is 1.95. The zero-order chi connectivity index (χ0) is 13.5. The average molecular weight is 292 g/mol. The number of carbonyl (C=O) groups is 1. The topological polar surface area (TPSA) is 91.0 Å². The number of carboxylic acids is 1. The first kappa shape index (κ1) is 17.2. The Morgan fingerprint density at radius 1 is 1.26 bits per heavy atom. The maximum atomic E-state index is 10.4. The van der Waals surface area contributed by atoms with E-state index in [-0.39, 0.29) is 25.4 Å². The Labute approximate surface area is 117 Å². The SMILES string of the molecule is COc1cc(N)cc(OCCCC(=O)O)c1OC.Cl. The van der Waals surface area contributed by atoms with E-state index in [1.807, 2.05) is 0 Å². The number of carboxylic acid groups (broad SMARTS) is 1. The number of hydrogen-bond acceptors (Lipinski definition) is 5. The molecule has 7 heteroatoms. The van der Waals surface area contributed by atoms with Crippen molar-refractivity contribution < 1.29 is 24.1 Å². The quantitative estimate of drug-likeness (QED) is 0.589. The number of benzene rings is 1. The molecule has 0 spiro atoms. The Hall–Kier alpha value is -1.82. The van der Waals surface area contributed by atoms with Crippen LogP contribution in [-0.4, -0.2) is 31.9 Å². The van der Waals surface area contributed by atoms with E-state index in [9.17, 15) is 4.79 Å². The third-order valence-corrected chi connectivity index (χ3v) is 2.26. The zero-order valence-electron chi connectivity index (χ0n) is 10.8. The van der Waals surface area contributed by atoms with Crippen LogP contribution in [0.1, 0.15) is 12.8 Å². The lowest BCUT2D eigenvalue weighted by Crippen LogP contribution is -2.04. The minimum absolute atomic E-state index is 0. The highest BCUT2D eigenvalue weighted by Crippen LogP contribution is 2.39. The zero-order valence-corrected chi connectivity index (χ0v) is 11.7. The molecule has 0 radical (unpaired) electrons. The molecule has 0 unspecified atom stereocenters. The summed E-state index contributed by atoms with van der Waals surface area (Å²) in [5.74, 6) is 0.517. The Morgan fingerprint density at radius 3 is 2.42 bits per heavy atom. The van der Waals surface area contributed by atoms with E-state index >= 15 is 0 Å². The van der Waals surface area contributed by atoms with Crippen molar-refractivity contribution in [3.63, 3.8) is 0 Å². The van der Waals surface area contributed by atoms with Crippen molar-refractivity contribution in [1.82, 2.24) is 0 Å². The molecule has 1 aromatic rings. The van der Waals surface area contributed by atoms with Gasteiger partial charge in [-0.15, -0.1) is 12.4 Å². The van der Waals surface area contributed by atoms with Crippen LogP contribution in [0.3, 0.4) is 0 Å². The minimum atomic E-state index is -0.851. The van der Waals surface area contributed by atoms with Crippen molar-refractivity contribution >= 4 is 24.1 Å². The van der Waals surface area contributed by atoms with Gasteiger partial charge in [-0.3, -0.25) is 4.79 Å². The molecule has 1 aromatic carbocycles. The number of ether oxygens (including phenoxy) is 3. The number of nitrogens with two attached hydrogens (primary N) is 1. The molecule has 0 fully saturated rings. The number of halogens is 1. The molecule has 1 rings (SSSR count). The van der Waals surface area contributed by atoms with Crippen molar-refractivity contribution in [1.29, 1.82) is 0 Å². The summed E-state index contributed by atoms with van der Waals surface area (Å²) in [7, 11) is 3.00. The van der Waals surface area contributed by atoms with Crippen molar-refractivity contribution in [2.24, 2.45) is 0 Å². The first-order valence-corrected chi connectivity index (χ1v) is 5.44. The van der Waals surface area contributed by atoms with E-state index < -0.39 is 5.97 Å². The van der Waals surface area contributed by atoms with Gasteiger partial charge in [0.1, 0.15) is 0 Å². The maximum absolute atomic E-state index is 10.4. The number of nitrogen functional groups attached to an aromatic ring is 1. The monoisotopic (exact) mass is 291 g/mol. The van der Waals surface area contributed by atoms with Gasteiger partial charge in [0.15, 0.2) is 11.5 Å². The van der Waals surface area contributed by atoms with Crippen molar-refractivity contribution in [3.8, 4) is 17.2 Å². The Bertz CT molecular complexity index is 425. The highest BCUT2D eigenvalue weighted by molar-refractivity contribution is 5.85. The summed E-state index contributed by atoms with van der Waals surface area (Å²) >= 11 is 0. The lowest BCUT2D eigenvalue weighted by Gasteiger charge is -2.14. The molecule has 3 N–H and O–H groups in total. The molecule has 0 aliphatic heterocycles. The van der Waals surface area contributed by atoms with E-state index in [1.165, 1.54) is 14.2 Å². The molecule has 0 heterocycles. The van der Waals surface area contributed by atoms with Gasteiger partial charge in [-0.05, 0) is 6.42 Å². The molecule has 19 heavy (non-hydrogen) atoms. The van der Waals surface area contributed by atoms with Crippen molar-refractivity contribution in [2.75, 3.05) is 26.6 Å². The lowest BCUT2D eigenvalue weighted by atomic mass is 10.2. The second-order valence-corrected chi connectivity index (χ2v) is 3.60. The molecular weight excluding hydrogens is 274 g/mol. The fourth-order valence-corrected chi connectivity index (χ4v) is 1.46. The molecule has 0 atom stereocenters. The summed E-state index contributed by atoms with van der Waals surface area (Å²) in [4.78, 5) is 10.4. The summed E-state index contributed by atoms with van der Waals surface area (Å²) < 4.78 is 15.8. The first-order valence-electron chi connectivity index (χ1n) is 5.44. The van der Waals surface area contributed by atoms with Crippen LogP contribution in [0.5, 0.6) is 17.2 Å². The second kappa shape index (κ2) is 8.31. The van der Waals surface area contributed by atoms with Gasteiger partial charge in [-0.25, -0.2) is 0 Å². The number of aliphatic carboxylic acids is 1. The van der Waals surface area contributed by atoms with Gasteiger partial charge in [-0.2, -0.15) is 0 Å². The fraction of sp³-hybridized carbons (Fsp3) is 0.417. The molecule has 0 aromatic heterocycles. The van der Waals surface area contributed by atoms with E-state index in [1.54, 1.807) is 12.1 Å². The molecule has 0 amide bonds. The molecule has 0 saturated heterocycles. The predicted molar refractivity (Wildman–Crippen MR) is 73.6 cm³/mol. The summed E-state index contributed by atoms with van der Waals surface area (Å²) in [6, 6.07) is 3.24. The third kappa shape index (κ3) is 5.13. The van der Waals surface area contributed by atoms with Gasteiger partial charge < -0.3 is 25.1 Å². The Balaban J connectivity index is 0.00000324. The molecule has 0 saturated carbocycles. The van der Waals surface area contributed by atoms with Gasteiger partial charge >= 0.3 is 5.97 Å².